The monoisotopic (exact) mass is 272 g/mol. The number of carbonyl (C=O) groups excluding carboxylic acids is 1. The van der Waals surface area contributed by atoms with Crippen molar-refractivity contribution in [2.24, 2.45) is 0 Å². The van der Waals surface area contributed by atoms with Gasteiger partial charge >= 0.3 is 5.97 Å². The first kappa shape index (κ1) is 12.9. The summed E-state index contributed by atoms with van der Waals surface area (Å²) in [6, 6.07) is 11.9. The molecule has 0 radical (unpaired) electrons. The van der Waals surface area contributed by atoms with Crippen LogP contribution < -0.4 is 4.74 Å². The van der Waals surface area contributed by atoms with E-state index in [-0.39, 0.29) is 5.97 Å². The SMILES string of the molecule is COC(=O)C1OC1(C)c1ccc2cc(OC)ccc2c1. The molecule has 1 saturated heterocycles. The van der Waals surface area contributed by atoms with Gasteiger partial charge < -0.3 is 14.2 Å². The zero-order valence-electron chi connectivity index (χ0n) is 11.7. The van der Waals surface area contributed by atoms with Gasteiger partial charge in [-0.15, -0.1) is 0 Å². The van der Waals surface area contributed by atoms with Gasteiger partial charge in [0.1, 0.15) is 11.4 Å². The molecular weight excluding hydrogens is 256 g/mol. The van der Waals surface area contributed by atoms with Gasteiger partial charge in [0.15, 0.2) is 6.10 Å². The summed E-state index contributed by atoms with van der Waals surface area (Å²) in [4.78, 5) is 11.5. The lowest BCUT2D eigenvalue weighted by Gasteiger charge is -2.09. The van der Waals surface area contributed by atoms with E-state index in [1.807, 2.05) is 43.3 Å². The molecule has 2 aromatic carbocycles. The maximum atomic E-state index is 11.5. The van der Waals surface area contributed by atoms with E-state index in [0.29, 0.717) is 0 Å². The highest BCUT2D eigenvalue weighted by Crippen LogP contribution is 2.47. The third-order valence-corrected chi connectivity index (χ3v) is 3.84. The Labute approximate surface area is 117 Å². The van der Waals surface area contributed by atoms with E-state index in [4.69, 9.17) is 14.2 Å². The summed E-state index contributed by atoms with van der Waals surface area (Å²) in [5.74, 6) is 0.494. The van der Waals surface area contributed by atoms with Crippen molar-refractivity contribution in [3.05, 3.63) is 42.0 Å². The predicted octanol–water partition coefficient (Wildman–Crippen LogP) is 2.64. The molecule has 1 heterocycles. The van der Waals surface area contributed by atoms with Crippen LogP contribution in [0.4, 0.5) is 0 Å². The molecule has 1 aliphatic heterocycles. The number of benzene rings is 2. The quantitative estimate of drug-likeness (QED) is 0.636. The third kappa shape index (κ3) is 1.93. The van der Waals surface area contributed by atoms with Crippen LogP contribution in [0, 0.1) is 0 Å². The summed E-state index contributed by atoms with van der Waals surface area (Å²) in [7, 11) is 3.02. The van der Waals surface area contributed by atoms with Gasteiger partial charge in [0.25, 0.3) is 0 Å². The van der Waals surface area contributed by atoms with Crippen molar-refractivity contribution in [3.63, 3.8) is 0 Å². The first-order chi connectivity index (χ1) is 9.58. The number of ether oxygens (including phenoxy) is 3. The molecule has 2 unspecified atom stereocenters. The van der Waals surface area contributed by atoms with E-state index in [9.17, 15) is 4.79 Å². The van der Waals surface area contributed by atoms with E-state index in [1.165, 1.54) is 7.11 Å². The van der Waals surface area contributed by atoms with Gasteiger partial charge in [-0.25, -0.2) is 4.79 Å². The molecule has 3 rings (SSSR count). The summed E-state index contributed by atoms with van der Waals surface area (Å²) in [5.41, 5.74) is 0.395. The first-order valence-corrected chi connectivity index (χ1v) is 6.42. The van der Waals surface area contributed by atoms with Gasteiger partial charge in [0, 0.05) is 0 Å². The number of rotatable bonds is 3. The molecule has 0 aliphatic carbocycles. The molecule has 0 bridgehead atoms. The van der Waals surface area contributed by atoms with Gasteiger partial charge in [0.05, 0.1) is 14.2 Å². The average molecular weight is 272 g/mol. The van der Waals surface area contributed by atoms with Crippen molar-refractivity contribution >= 4 is 16.7 Å². The van der Waals surface area contributed by atoms with Gasteiger partial charge in [-0.05, 0) is 41.5 Å². The molecule has 104 valence electrons. The number of carbonyl (C=O) groups is 1. The van der Waals surface area contributed by atoms with Crippen LogP contribution in [-0.2, 0) is 19.9 Å². The smallest absolute Gasteiger partial charge is 0.338 e. The van der Waals surface area contributed by atoms with E-state index in [1.54, 1.807) is 7.11 Å². The van der Waals surface area contributed by atoms with Crippen molar-refractivity contribution in [1.29, 1.82) is 0 Å². The van der Waals surface area contributed by atoms with E-state index in [2.05, 4.69) is 0 Å². The first-order valence-electron chi connectivity index (χ1n) is 6.42. The number of fused-ring (bicyclic) bond motifs is 1. The van der Waals surface area contributed by atoms with Crippen LogP contribution in [0.15, 0.2) is 36.4 Å². The van der Waals surface area contributed by atoms with Gasteiger partial charge in [-0.2, -0.15) is 0 Å². The minimum absolute atomic E-state index is 0.331. The molecule has 4 nitrogen and oxygen atoms in total. The van der Waals surface area contributed by atoms with Gasteiger partial charge in [-0.3, -0.25) is 0 Å². The van der Waals surface area contributed by atoms with Crippen LogP contribution >= 0.6 is 0 Å². The number of methoxy groups -OCH3 is 2. The molecule has 20 heavy (non-hydrogen) atoms. The Morgan fingerprint density at radius 2 is 1.85 bits per heavy atom. The highest BCUT2D eigenvalue weighted by molar-refractivity contribution is 5.86. The van der Waals surface area contributed by atoms with Gasteiger partial charge in [-0.1, -0.05) is 18.2 Å². The second kappa shape index (κ2) is 4.49. The summed E-state index contributed by atoms with van der Waals surface area (Å²) >= 11 is 0. The van der Waals surface area contributed by atoms with Crippen LogP contribution in [0.2, 0.25) is 0 Å². The normalized spacial score (nSPS) is 24.4. The standard InChI is InChI=1S/C16H16O4/c1-16(14(20-16)15(17)19-3)12-6-4-11-9-13(18-2)7-5-10(11)8-12/h4-9,14H,1-3H3. The Morgan fingerprint density at radius 1 is 1.15 bits per heavy atom. The number of hydrogen-bond acceptors (Lipinski definition) is 4. The highest BCUT2D eigenvalue weighted by Gasteiger charge is 2.59. The fourth-order valence-corrected chi connectivity index (χ4v) is 2.47. The number of epoxide rings is 1. The molecule has 1 aliphatic rings. The summed E-state index contributed by atoms with van der Waals surface area (Å²) in [6.07, 6.45) is -0.511. The largest absolute Gasteiger partial charge is 0.497 e. The van der Waals surface area contributed by atoms with Crippen LogP contribution in [0.25, 0.3) is 10.8 Å². The lowest BCUT2D eigenvalue weighted by molar-refractivity contribution is -0.142. The molecule has 2 atom stereocenters. The molecule has 2 aromatic rings. The maximum absolute atomic E-state index is 11.5. The number of hydrogen-bond donors (Lipinski definition) is 0. The Hall–Kier alpha value is -2.07. The fraction of sp³-hybridized carbons (Fsp3) is 0.312. The zero-order chi connectivity index (χ0) is 14.3. The number of esters is 1. The summed E-state index contributed by atoms with van der Waals surface area (Å²) in [5, 5.41) is 2.18. The average Bonchev–Trinajstić information content (AvgIpc) is 3.18. The second-order valence-electron chi connectivity index (χ2n) is 5.06. The van der Waals surface area contributed by atoms with Crippen molar-refractivity contribution in [1.82, 2.24) is 0 Å². The lowest BCUT2D eigenvalue weighted by atomic mass is 9.95. The molecule has 0 aromatic heterocycles. The minimum atomic E-state index is -0.582. The summed E-state index contributed by atoms with van der Waals surface area (Å²) in [6.45, 7) is 1.90. The van der Waals surface area contributed by atoms with E-state index in [0.717, 1.165) is 22.1 Å². The second-order valence-corrected chi connectivity index (χ2v) is 5.06. The lowest BCUT2D eigenvalue weighted by Crippen LogP contribution is -2.17. The topological polar surface area (TPSA) is 48.1 Å². The Kier molecular flexibility index (Phi) is 2.91. The Morgan fingerprint density at radius 3 is 2.55 bits per heavy atom. The van der Waals surface area contributed by atoms with Crippen molar-refractivity contribution in [3.8, 4) is 5.75 Å². The molecule has 0 amide bonds. The zero-order valence-corrected chi connectivity index (χ0v) is 11.7. The van der Waals surface area contributed by atoms with Crippen molar-refractivity contribution in [2.75, 3.05) is 14.2 Å². The molecule has 4 heteroatoms. The molecule has 1 fully saturated rings. The van der Waals surface area contributed by atoms with E-state index >= 15 is 0 Å². The molecule has 0 spiro atoms. The van der Waals surface area contributed by atoms with Crippen LogP contribution in [0.1, 0.15) is 12.5 Å². The van der Waals surface area contributed by atoms with Crippen LogP contribution in [0.5, 0.6) is 5.75 Å². The third-order valence-electron chi connectivity index (χ3n) is 3.84. The molecule has 0 N–H and O–H groups in total. The Bertz CT molecular complexity index is 679. The van der Waals surface area contributed by atoms with E-state index < -0.39 is 11.7 Å². The van der Waals surface area contributed by atoms with Crippen molar-refractivity contribution in [2.45, 2.75) is 18.6 Å². The highest BCUT2D eigenvalue weighted by atomic mass is 16.6. The Balaban J connectivity index is 1.96. The maximum Gasteiger partial charge on any atom is 0.338 e. The summed E-state index contributed by atoms with van der Waals surface area (Å²) < 4.78 is 15.5. The predicted molar refractivity (Wildman–Crippen MR) is 74.7 cm³/mol. The van der Waals surface area contributed by atoms with Crippen LogP contribution in [-0.4, -0.2) is 26.3 Å². The fourth-order valence-electron chi connectivity index (χ4n) is 2.47. The van der Waals surface area contributed by atoms with Crippen molar-refractivity contribution < 1.29 is 19.0 Å². The minimum Gasteiger partial charge on any atom is -0.497 e. The van der Waals surface area contributed by atoms with Gasteiger partial charge in [0.2, 0.25) is 0 Å². The van der Waals surface area contributed by atoms with Crippen LogP contribution in [0.3, 0.4) is 0 Å². The molecule has 0 saturated carbocycles. The molecular formula is C16H16O4.